The Morgan fingerprint density at radius 3 is 2.78 bits per heavy atom. The van der Waals surface area contributed by atoms with E-state index >= 15 is 0 Å². The Morgan fingerprint density at radius 2 is 2.22 bits per heavy atom. The van der Waals surface area contributed by atoms with Crippen molar-refractivity contribution in [3.63, 3.8) is 0 Å². The third-order valence-electron chi connectivity index (χ3n) is 4.24. The van der Waals surface area contributed by atoms with E-state index in [1.165, 1.54) is 0 Å². The first-order chi connectivity index (χ1) is 10.8. The van der Waals surface area contributed by atoms with Gasteiger partial charge in [0, 0.05) is 5.56 Å². The zero-order chi connectivity index (χ0) is 17.0. The van der Waals surface area contributed by atoms with Gasteiger partial charge in [0.05, 0.1) is 5.69 Å². The number of rotatable bonds is 4. The second-order valence-electron chi connectivity index (χ2n) is 7.22. The zero-order valence-electron chi connectivity index (χ0n) is 14.4. The first-order valence-corrected chi connectivity index (χ1v) is 8.19. The molecule has 4 nitrogen and oxygen atoms in total. The maximum absolute atomic E-state index is 13.2. The molecule has 1 saturated heterocycles. The fourth-order valence-corrected chi connectivity index (χ4v) is 2.90. The summed E-state index contributed by atoms with van der Waals surface area (Å²) in [4.78, 5) is 12.0. The Balaban J connectivity index is 2.16. The van der Waals surface area contributed by atoms with Crippen molar-refractivity contribution >= 4 is 11.8 Å². The van der Waals surface area contributed by atoms with Crippen LogP contribution in [0.5, 0.6) is 0 Å². The minimum atomic E-state index is -0.620. The molecule has 0 radical (unpaired) electrons. The molecule has 1 aliphatic rings. The molecule has 23 heavy (non-hydrogen) atoms. The zero-order valence-corrected chi connectivity index (χ0v) is 14.4. The Labute approximate surface area is 137 Å². The summed E-state index contributed by atoms with van der Waals surface area (Å²) >= 11 is 0. The van der Waals surface area contributed by atoms with E-state index in [-0.39, 0.29) is 0 Å². The number of halogens is 1. The van der Waals surface area contributed by atoms with Gasteiger partial charge in [0.1, 0.15) is 12.3 Å². The molecule has 0 saturated carbocycles. The van der Waals surface area contributed by atoms with E-state index in [4.69, 9.17) is 4.74 Å². The molecule has 2 N–H and O–H groups in total. The maximum Gasteiger partial charge on any atom is 0.412 e. The lowest BCUT2D eigenvalue weighted by atomic mass is 9.86. The quantitative estimate of drug-likeness (QED) is 0.873. The standard InChI is InChI=1S/C18H27FN2O2/c1-12(15-7-8-20-11-15)13-5-6-14(10-19)16(9-13)21-17(22)23-18(2,3)4/h5-6,9,12,15,20H,7-8,10-11H2,1-4H3,(H,21,22)/t12-,15+/m0/s1. The lowest BCUT2D eigenvalue weighted by Crippen LogP contribution is -2.27. The lowest BCUT2D eigenvalue weighted by Gasteiger charge is -2.22. The topological polar surface area (TPSA) is 50.4 Å². The highest BCUT2D eigenvalue weighted by molar-refractivity contribution is 5.86. The van der Waals surface area contributed by atoms with Crippen LogP contribution in [0.2, 0.25) is 0 Å². The summed E-state index contributed by atoms with van der Waals surface area (Å²) in [5.74, 6) is 0.929. The molecule has 1 aromatic rings. The molecule has 1 amide bonds. The smallest absolute Gasteiger partial charge is 0.412 e. The molecule has 0 aromatic heterocycles. The van der Waals surface area contributed by atoms with Gasteiger partial charge in [-0.15, -0.1) is 0 Å². The molecule has 0 bridgehead atoms. The molecule has 0 aliphatic carbocycles. The second-order valence-corrected chi connectivity index (χ2v) is 7.22. The largest absolute Gasteiger partial charge is 0.444 e. The van der Waals surface area contributed by atoms with Gasteiger partial charge in [-0.25, -0.2) is 9.18 Å². The van der Waals surface area contributed by atoms with E-state index < -0.39 is 18.4 Å². The number of carbonyl (C=O) groups is 1. The highest BCUT2D eigenvalue weighted by Gasteiger charge is 2.24. The summed E-state index contributed by atoms with van der Waals surface area (Å²) in [6.07, 6.45) is 0.584. The highest BCUT2D eigenvalue weighted by Crippen LogP contribution is 2.31. The summed E-state index contributed by atoms with van der Waals surface area (Å²) < 4.78 is 18.5. The number of nitrogens with one attached hydrogen (secondary N) is 2. The van der Waals surface area contributed by atoms with E-state index in [2.05, 4.69) is 17.6 Å². The van der Waals surface area contributed by atoms with Gasteiger partial charge in [0.25, 0.3) is 0 Å². The second kappa shape index (κ2) is 7.30. The predicted molar refractivity (Wildman–Crippen MR) is 90.5 cm³/mol. The molecular weight excluding hydrogens is 295 g/mol. The van der Waals surface area contributed by atoms with Crippen LogP contribution in [0, 0.1) is 5.92 Å². The van der Waals surface area contributed by atoms with Crippen LogP contribution < -0.4 is 10.6 Å². The number of hydrogen-bond donors (Lipinski definition) is 2. The number of benzene rings is 1. The van der Waals surface area contributed by atoms with Gasteiger partial charge in [0.15, 0.2) is 0 Å². The average Bonchev–Trinajstić information content (AvgIpc) is 2.98. The van der Waals surface area contributed by atoms with Gasteiger partial charge in [0.2, 0.25) is 0 Å². The molecule has 1 heterocycles. The predicted octanol–water partition coefficient (Wildman–Crippen LogP) is 4.22. The average molecular weight is 322 g/mol. The van der Waals surface area contributed by atoms with Crippen molar-refractivity contribution in [1.82, 2.24) is 5.32 Å². The number of alkyl halides is 1. The summed E-state index contributed by atoms with van der Waals surface area (Å²) in [7, 11) is 0. The van der Waals surface area contributed by atoms with Gasteiger partial charge in [-0.05, 0) is 63.7 Å². The Bertz CT molecular complexity index is 548. The minimum absolute atomic E-state index is 0.359. The van der Waals surface area contributed by atoms with Crippen molar-refractivity contribution in [2.75, 3.05) is 18.4 Å². The molecule has 5 heteroatoms. The number of carbonyl (C=O) groups excluding carboxylic acids is 1. The van der Waals surface area contributed by atoms with E-state index in [1.54, 1.807) is 26.8 Å². The van der Waals surface area contributed by atoms with Crippen molar-refractivity contribution in [1.29, 1.82) is 0 Å². The van der Waals surface area contributed by atoms with E-state index in [0.29, 0.717) is 23.1 Å². The normalized spacial score (nSPS) is 19.4. The molecule has 2 rings (SSSR count). The van der Waals surface area contributed by atoms with Crippen molar-refractivity contribution in [2.45, 2.75) is 52.3 Å². The first-order valence-electron chi connectivity index (χ1n) is 8.19. The van der Waals surface area contributed by atoms with Crippen molar-refractivity contribution in [3.05, 3.63) is 29.3 Å². The summed E-state index contributed by atoms with van der Waals surface area (Å²) in [6, 6.07) is 5.58. The molecule has 128 valence electrons. The van der Waals surface area contributed by atoms with Gasteiger partial charge in [-0.3, -0.25) is 5.32 Å². The molecular formula is C18H27FN2O2. The van der Waals surface area contributed by atoms with E-state index in [1.807, 2.05) is 12.1 Å². The SMILES string of the molecule is C[C@@H](c1ccc(CF)c(NC(=O)OC(C)(C)C)c1)[C@@H]1CCNC1. The molecule has 2 atom stereocenters. The third kappa shape index (κ3) is 4.93. The van der Waals surface area contributed by atoms with Crippen LogP contribution in [-0.2, 0) is 11.4 Å². The first kappa shape index (κ1) is 17.7. The van der Waals surface area contributed by atoms with Gasteiger partial charge in [-0.1, -0.05) is 19.1 Å². The Hall–Kier alpha value is -1.62. The fourth-order valence-electron chi connectivity index (χ4n) is 2.90. The van der Waals surface area contributed by atoms with Crippen LogP contribution in [0.15, 0.2) is 18.2 Å². The van der Waals surface area contributed by atoms with E-state index in [0.717, 1.165) is 25.1 Å². The van der Waals surface area contributed by atoms with Gasteiger partial charge >= 0.3 is 6.09 Å². The lowest BCUT2D eigenvalue weighted by molar-refractivity contribution is 0.0635. The summed E-state index contributed by atoms with van der Waals surface area (Å²) in [5, 5.41) is 6.06. The van der Waals surface area contributed by atoms with Crippen LogP contribution >= 0.6 is 0 Å². The maximum atomic E-state index is 13.2. The summed E-state index contributed by atoms with van der Waals surface area (Å²) in [6.45, 7) is 9.00. The monoisotopic (exact) mass is 322 g/mol. The molecule has 0 spiro atoms. The van der Waals surface area contributed by atoms with Crippen LogP contribution in [-0.4, -0.2) is 24.8 Å². The van der Waals surface area contributed by atoms with Crippen LogP contribution in [0.3, 0.4) is 0 Å². The number of ether oxygens (including phenoxy) is 1. The number of anilines is 1. The number of hydrogen-bond acceptors (Lipinski definition) is 3. The minimum Gasteiger partial charge on any atom is -0.444 e. The van der Waals surface area contributed by atoms with Crippen molar-refractivity contribution in [3.8, 4) is 0 Å². The fraction of sp³-hybridized carbons (Fsp3) is 0.611. The Morgan fingerprint density at radius 1 is 1.48 bits per heavy atom. The van der Waals surface area contributed by atoms with Gasteiger partial charge in [-0.2, -0.15) is 0 Å². The molecule has 1 aliphatic heterocycles. The highest BCUT2D eigenvalue weighted by atomic mass is 19.1. The number of amides is 1. The third-order valence-corrected chi connectivity index (χ3v) is 4.24. The molecule has 1 aromatic carbocycles. The molecule has 0 unspecified atom stereocenters. The van der Waals surface area contributed by atoms with Crippen molar-refractivity contribution in [2.24, 2.45) is 5.92 Å². The summed E-state index contributed by atoms with van der Waals surface area (Å²) in [5.41, 5.74) is 1.50. The molecule has 1 fully saturated rings. The van der Waals surface area contributed by atoms with Crippen LogP contribution in [0.4, 0.5) is 14.9 Å². The Kier molecular flexibility index (Phi) is 5.63. The van der Waals surface area contributed by atoms with E-state index in [9.17, 15) is 9.18 Å². The van der Waals surface area contributed by atoms with Crippen molar-refractivity contribution < 1.29 is 13.9 Å². The van der Waals surface area contributed by atoms with Gasteiger partial charge < -0.3 is 10.1 Å². The van der Waals surface area contributed by atoms with Crippen LogP contribution in [0.1, 0.15) is 51.2 Å². The van der Waals surface area contributed by atoms with Crippen LogP contribution in [0.25, 0.3) is 0 Å².